The van der Waals surface area contributed by atoms with Gasteiger partial charge in [-0.2, -0.15) is 0 Å². The quantitative estimate of drug-likeness (QED) is 0.600. The van der Waals surface area contributed by atoms with Gasteiger partial charge < -0.3 is 4.90 Å². The number of carbonyl (C=O) groups excluding carboxylic acids is 1. The first kappa shape index (κ1) is 10.8. The monoisotopic (exact) mass is 203 g/mol. The van der Waals surface area contributed by atoms with Gasteiger partial charge in [-0.15, -0.1) is 11.6 Å². The highest BCUT2D eigenvalue weighted by Gasteiger charge is 2.30. The predicted octanol–water partition coefficient (Wildman–Crippen LogP) is 2.40. The Kier molecular flexibility index (Phi) is 3.60. The third-order valence-corrected chi connectivity index (χ3v) is 2.97. The van der Waals surface area contributed by atoms with Crippen LogP contribution in [0.4, 0.5) is 0 Å². The molecule has 1 amide bonds. The lowest BCUT2D eigenvalue weighted by molar-refractivity contribution is -0.136. The van der Waals surface area contributed by atoms with Gasteiger partial charge in [-0.25, -0.2) is 0 Å². The van der Waals surface area contributed by atoms with Gasteiger partial charge in [0.05, 0.1) is 0 Å². The number of halogens is 1. The maximum atomic E-state index is 11.7. The van der Waals surface area contributed by atoms with E-state index in [4.69, 9.17) is 11.6 Å². The molecule has 1 saturated heterocycles. The number of hydrogen-bond acceptors (Lipinski definition) is 1. The van der Waals surface area contributed by atoms with Crippen molar-refractivity contribution in [1.29, 1.82) is 0 Å². The van der Waals surface area contributed by atoms with Crippen LogP contribution in [0.15, 0.2) is 0 Å². The molecule has 0 bridgehead atoms. The summed E-state index contributed by atoms with van der Waals surface area (Å²) < 4.78 is 0. The molecular weight excluding hydrogens is 186 g/mol. The van der Waals surface area contributed by atoms with Gasteiger partial charge >= 0.3 is 0 Å². The summed E-state index contributed by atoms with van der Waals surface area (Å²) in [6.07, 6.45) is 3.45. The molecule has 13 heavy (non-hydrogen) atoms. The largest absolute Gasteiger partial charge is 0.336 e. The number of rotatable bonds is 1. The number of carbonyl (C=O) groups is 1. The minimum Gasteiger partial charge on any atom is -0.336 e. The fourth-order valence-electron chi connectivity index (χ4n) is 2.06. The molecule has 0 aliphatic carbocycles. The lowest BCUT2D eigenvalue weighted by atomic mass is 9.97. The first-order chi connectivity index (χ1) is 6.04. The highest BCUT2D eigenvalue weighted by atomic mass is 35.5. The minimum absolute atomic E-state index is 0.0846. The Balaban J connectivity index is 2.68. The normalized spacial score (nSPS) is 31.5. The van der Waals surface area contributed by atoms with E-state index in [1.807, 2.05) is 4.90 Å². The van der Waals surface area contributed by atoms with Crippen LogP contribution in [0.5, 0.6) is 0 Å². The van der Waals surface area contributed by atoms with Crippen LogP contribution in [-0.2, 0) is 4.79 Å². The summed E-state index contributed by atoms with van der Waals surface area (Å²) in [5.74, 6) is 0.0846. The van der Waals surface area contributed by atoms with E-state index in [0.717, 1.165) is 12.8 Å². The Morgan fingerprint density at radius 1 is 1.38 bits per heavy atom. The maximum Gasteiger partial charge on any atom is 0.240 e. The first-order valence-corrected chi connectivity index (χ1v) is 5.44. The van der Waals surface area contributed by atoms with Crippen LogP contribution in [0, 0.1) is 0 Å². The summed E-state index contributed by atoms with van der Waals surface area (Å²) >= 11 is 5.80. The molecule has 0 aromatic rings. The molecule has 0 unspecified atom stereocenters. The number of nitrogens with zero attached hydrogens (tertiary/aromatic N) is 1. The third-order valence-electron chi connectivity index (χ3n) is 2.79. The van der Waals surface area contributed by atoms with Gasteiger partial charge in [-0.05, 0) is 40.0 Å². The standard InChI is InChI=1S/C10H18ClNO/c1-7-5-4-6-8(2)12(7)10(13)9(3)11/h7-9H,4-6H2,1-3H3/t7-,8-,9-/m1/s1. The van der Waals surface area contributed by atoms with Gasteiger partial charge in [0.25, 0.3) is 0 Å². The van der Waals surface area contributed by atoms with Crippen LogP contribution in [0.2, 0.25) is 0 Å². The summed E-state index contributed by atoms with van der Waals surface area (Å²) in [6, 6.07) is 0.717. The summed E-state index contributed by atoms with van der Waals surface area (Å²) in [5.41, 5.74) is 0. The average molecular weight is 204 g/mol. The zero-order valence-corrected chi connectivity index (χ0v) is 9.34. The molecule has 0 N–H and O–H groups in total. The van der Waals surface area contributed by atoms with E-state index in [1.165, 1.54) is 6.42 Å². The van der Waals surface area contributed by atoms with Crippen molar-refractivity contribution in [2.75, 3.05) is 0 Å². The van der Waals surface area contributed by atoms with Crippen LogP contribution in [0.1, 0.15) is 40.0 Å². The number of piperidine rings is 1. The van der Waals surface area contributed by atoms with Crippen molar-refractivity contribution in [3.05, 3.63) is 0 Å². The molecule has 0 spiro atoms. The predicted molar refractivity (Wildman–Crippen MR) is 54.9 cm³/mol. The SMILES string of the molecule is C[C@@H]1CCC[C@@H](C)N1C(=O)[C@@H](C)Cl. The van der Waals surface area contributed by atoms with Gasteiger partial charge in [-0.1, -0.05) is 0 Å². The maximum absolute atomic E-state index is 11.7. The second-order valence-corrected chi connectivity index (χ2v) is 4.65. The van der Waals surface area contributed by atoms with Crippen molar-refractivity contribution in [2.45, 2.75) is 57.5 Å². The number of likely N-dealkylation sites (tertiary alicyclic amines) is 1. The minimum atomic E-state index is -0.386. The van der Waals surface area contributed by atoms with Gasteiger partial charge in [0.15, 0.2) is 0 Å². The van der Waals surface area contributed by atoms with Gasteiger partial charge in [0.1, 0.15) is 5.38 Å². The van der Waals surface area contributed by atoms with Crippen LogP contribution >= 0.6 is 11.6 Å². The van der Waals surface area contributed by atoms with Gasteiger partial charge in [0, 0.05) is 12.1 Å². The van der Waals surface area contributed by atoms with Crippen molar-refractivity contribution in [3.63, 3.8) is 0 Å². The second-order valence-electron chi connectivity index (χ2n) is 3.99. The Hall–Kier alpha value is -0.240. The molecule has 1 aliphatic rings. The van der Waals surface area contributed by atoms with Crippen molar-refractivity contribution >= 4 is 17.5 Å². The summed E-state index contributed by atoms with van der Waals surface area (Å²) in [6.45, 7) is 5.96. The van der Waals surface area contributed by atoms with Crippen LogP contribution in [0.25, 0.3) is 0 Å². The summed E-state index contributed by atoms with van der Waals surface area (Å²) in [7, 11) is 0. The van der Waals surface area contributed by atoms with Crippen molar-refractivity contribution < 1.29 is 4.79 Å². The fourth-order valence-corrected chi connectivity index (χ4v) is 2.17. The molecule has 1 fully saturated rings. The number of hydrogen-bond donors (Lipinski definition) is 0. The van der Waals surface area contributed by atoms with E-state index < -0.39 is 0 Å². The molecule has 1 aliphatic heterocycles. The van der Waals surface area contributed by atoms with Crippen LogP contribution < -0.4 is 0 Å². The Labute approximate surface area is 85.2 Å². The highest BCUT2D eigenvalue weighted by molar-refractivity contribution is 6.30. The fraction of sp³-hybridized carbons (Fsp3) is 0.900. The Morgan fingerprint density at radius 2 is 1.85 bits per heavy atom. The average Bonchev–Trinajstić information content (AvgIpc) is 2.03. The van der Waals surface area contributed by atoms with Crippen molar-refractivity contribution in [3.8, 4) is 0 Å². The van der Waals surface area contributed by atoms with Crippen molar-refractivity contribution in [2.24, 2.45) is 0 Å². The second kappa shape index (κ2) is 4.32. The molecule has 2 nitrogen and oxygen atoms in total. The lowest BCUT2D eigenvalue weighted by Gasteiger charge is -2.39. The lowest BCUT2D eigenvalue weighted by Crippen LogP contribution is -2.49. The molecular formula is C10H18ClNO. The summed E-state index contributed by atoms with van der Waals surface area (Å²) in [5, 5.41) is -0.386. The molecule has 3 atom stereocenters. The first-order valence-electron chi connectivity index (χ1n) is 5.00. The third kappa shape index (κ3) is 2.37. The Bertz CT molecular complexity index is 183. The number of alkyl halides is 1. The zero-order chi connectivity index (χ0) is 10.0. The topological polar surface area (TPSA) is 20.3 Å². The Morgan fingerprint density at radius 3 is 2.23 bits per heavy atom. The highest BCUT2D eigenvalue weighted by Crippen LogP contribution is 2.23. The van der Waals surface area contributed by atoms with E-state index >= 15 is 0 Å². The molecule has 0 saturated carbocycles. The molecule has 3 heteroatoms. The van der Waals surface area contributed by atoms with E-state index in [-0.39, 0.29) is 11.3 Å². The van der Waals surface area contributed by atoms with E-state index in [2.05, 4.69) is 13.8 Å². The van der Waals surface area contributed by atoms with Gasteiger partial charge in [-0.3, -0.25) is 4.79 Å². The van der Waals surface area contributed by atoms with E-state index in [0.29, 0.717) is 12.1 Å². The van der Waals surface area contributed by atoms with Crippen LogP contribution in [-0.4, -0.2) is 28.3 Å². The van der Waals surface area contributed by atoms with E-state index in [1.54, 1.807) is 6.92 Å². The molecule has 1 heterocycles. The zero-order valence-electron chi connectivity index (χ0n) is 8.59. The molecule has 1 rings (SSSR count). The molecule has 0 aromatic heterocycles. The summed E-state index contributed by atoms with van der Waals surface area (Å²) in [4.78, 5) is 13.7. The molecule has 0 aromatic carbocycles. The number of amides is 1. The smallest absolute Gasteiger partial charge is 0.240 e. The van der Waals surface area contributed by atoms with Crippen LogP contribution in [0.3, 0.4) is 0 Å². The van der Waals surface area contributed by atoms with E-state index in [9.17, 15) is 4.79 Å². The van der Waals surface area contributed by atoms with Gasteiger partial charge in [0.2, 0.25) is 5.91 Å². The molecule has 76 valence electrons. The van der Waals surface area contributed by atoms with Crippen molar-refractivity contribution in [1.82, 2.24) is 4.90 Å². The molecule has 0 radical (unpaired) electrons.